The van der Waals surface area contributed by atoms with Crippen LogP contribution in [-0.2, 0) is 19.1 Å². The number of thiazole rings is 1. The molecule has 4 rings (SSSR count). The maximum absolute atomic E-state index is 12.4. The van der Waals surface area contributed by atoms with Crippen LogP contribution in [0.15, 0.2) is 21.8 Å². The highest BCUT2D eigenvalue weighted by molar-refractivity contribution is 8.00. The number of esters is 1. The Morgan fingerprint density at radius 1 is 1.46 bits per heavy atom. The first-order valence-electron chi connectivity index (χ1n) is 7.17. The maximum Gasteiger partial charge on any atom is 0.360 e. The minimum Gasteiger partial charge on any atom is -0.476 e. The molecule has 1 aromatic rings. The summed E-state index contributed by atoms with van der Waals surface area (Å²) in [7, 11) is 0. The van der Waals surface area contributed by atoms with E-state index < -0.39 is 30.0 Å². The van der Waals surface area contributed by atoms with Crippen molar-refractivity contribution in [3.05, 3.63) is 22.3 Å². The molecule has 0 radical (unpaired) electrons. The van der Waals surface area contributed by atoms with Crippen molar-refractivity contribution in [3.63, 3.8) is 0 Å². The van der Waals surface area contributed by atoms with E-state index in [-0.39, 0.29) is 27.8 Å². The summed E-state index contributed by atoms with van der Waals surface area (Å²) < 4.78 is 4.74. The number of fused-ring (bicyclic) bond motifs is 2. The number of carboxylic acid groups (broad SMARTS) is 1. The van der Waals surface area contributed by atoms with E-state index in [1.54, 1.807) is 0 Å². The zero-order valence-electron chi connectivity index (χ0n) is 12.6. The van der Waals surface area contributed by atoms with E-state index in [1.807, 2.05) is 0 Å². The second-order valence-corrected chi connectivity index (χ2v) is 7.42. The number of rotatable bonds is 4. The van der Waals surface area contributed by atoms with Crippen LogP contribution in [-0.4, -0.2) is 72.3 Å². The third kappa shape index (κ3) is 2.35. The van der Waals surface area contributed by atoms with Crippen LogP contribution in [0, 0.1) is 0 Å². The number of carbonyl (C=O) groups is 3. The number of hydrogen-bond acceptors (Lipinski definition) is 11. The number of cyclic esters (lactones) is 1. The van der Waals surface area contributed by atoms with Gasteiger partial charge in [0, 0.05) is 16.7 Å². The molecule has 3 aliphatic rings. The zero-order valence-corrected chi connectivity index (χ0v) is 14.3. The van der Waals surface area contributed by atoms with Crippen LogP contribution in [0.5, 0.6) is 0 Å². The first kappa shape index (κ1) is 16.8. The lowest BCUT2D eigenvalue weighted by Gasteiger charge is -2.48. The summed E-state index contributed by atoms with van der Waals surface area (Å²) in [6.45, 7) is 0. The van der Waals surface area contributed by atoms with Crippen LogP contribution >= 0.6 is 23.1 Å². The van der Waals surface area contributed by atoms with Crippen molar-refractivity contribution >= 4 is 51.8 Å². The zero-order chi connectivity index (χ0) is 18.6. The Bertz CT molecular complexity index is 895. The van der Waals surface area contributed by atoms with Crippen LogP contribution in [0.25, 0.3) is 0 Å². The number of carbonyl (C=O) groups excluding carboxylic acids is 2. The van der Waals surface area contributed by atoms with Crippen LogP contribution in [0.2, 0.25) is 0 Å². The van der Waals surface area contributed by atoms with E-state index in [1.165, 1.54) is 22.0 Å². The molecule has 3 aliphatic heterocycles. The molecule has 11 nitrogen and oxygen atoms in total. The third-order valence-electron chi connectivity index (χ3n) is 4.04. The summed E-state index contributed by atoms with van der Waals surface area (Å²) in [4.78, 5) is 40.5. The van der Waals surface area contributed by atoms with E-state index in [2.05, 4.69) is 15.5 Å². The number of carboxylic acids is 1. The van der Waals surface area contributed by atoms with Crippen LogP contribution in [0.4, 0.5) is 5.13 Å². The minimum absolute atomic E-state index is 0.0417. The number of anilines is 1. The van der Waals surface area contributed by atoms with Crippen LogP contribution in [0.1, 0.15) is 5.69 Å². The van der Waals surface area contributed by atoms with Gasteiger partial charge in [-0.1, -0.05) is 5.16 Å². The van der Waals surface area contributed by atoms with Crippen molar-refractivity contribution in [2.75, 3.05) is 11.1 Å². The van der Waals surface area contributed by atoms with Crippen molar-refractivity contribution in [1.29, 1.82) is 0 Å². The largest absolute Gasteiger partial charge is 0.476 e. The molecule has 1 aromatic heterocycles. The predicted octanol–water partition coefficient (Wildman–Crippen LogP) is -0.769. The molecule has 0 bridgehead atoms. The summed E-state index contributed by atoms with van der Waals surface area (Å²) in [5.41, 5.74) is -0.185. The molecule has 3 unspecified atom stereocenters. The predicted molar refractivity (Wildman–Crippen MR) is 87.7 cm³/mol. The minimum atomic E-state index is -1.43. The molecule has 4 N–H and O–H groups in total. The number of aliphatic hydroxyl groups is 1. The van der Waals surface area contributed by atoms with E-state index in [0.29, 0.717) is 11.3 Å². The Morgan fingerprint density at radius 3 is 2.92 bits per heavy atom. The lowest BCUT2D eigenvalue weighted by Crippen LogP contribution is -2.67. The van der Waals surface area contributed by atoms with Gasteiger partial charge in [0.05, 0.1) is 0 Å². The number of amides is 1. The molecule has 13 heteroatoms. The summed E-state index contributed by atoms with van der Waals surface area (Å²) in [6.07, 6.45) is -1.32. The average Bonchev–Trinajstić information content (AvgIpc) is 3.17. The van der Waals surface area contributed by atoms with Crippen molar-refractivity contribution in [1.82, 2.24) is 9.88 Å². The fourth-order valence-electron chi connectivity index (χ4n) is 2.84. The number of nitrogens with zero attached hydrogens (tertiary/aromatic N) is 3. The number of oxime groups is 1. The molecule has 1 saturated heterocycles. The van der Waals surface area contributed by atoms with Crippen molar-refractivity contribution < 1.29 is 34.5 Å². The molecule has 0 saturated carbocycles. The smallest absolute Gasteiger partial charge is 0.360 e. The van der Waals surface area contributed by atoms with E-state index in [9.17, 15) is 19.5 Å². The van der Waals surface area contributed by atoms with Crippen molar-refractivity contribution in [2.45, 2.75) is 17.7 Å². The van der Waals surface area contributed by atoms with E-state index in [0.717, 1.165) is 11.3 Å². The van der Waals surface area contributed by atoms with Gasteiger partial charge in [-0.2, -0.15) is 0 Å². The SMILES string of the molecule is O=C1OC(O)C2=C1N1C(=O)C(Nc3nc(/C(=N/O)C(=O)O)cs3)C1SC2. The Kier molecular flexibility index (Phi) is 3.86. The molecule has 0 aliphatic carbocycles. The number of β-lactam (4-membered cyclic amide) rings is 1. The lowest BCUT2D eigenvalue weighted by molar-refractivity contribution is -0.156. The van der Waals surface area contributed by atoms with Gasteiger partial charge in [0.2, 0.25) is 12.0 Å². The third-order valence-corrected chi connectivity index (χ3v) is 6.11. The van der Waals surface area contributed by atoms with Gasteiger partial charge in [0.25, 0.3) is 5.91 Å². The van der Waals surface area contributed by atoms with E-state index in [4.69, 9.17) is 15.1 Å². The molecule has 3 atom stereocenters. The molecule has 26 heavy (non-hydrogen) atoms. The quantitative estimate of drug-likeness (QED) is 0.167. The standard InChI is InChI=1S/C13H10N4O7S2/c18-8-6(15-13-14-4(2-26-13)5(16-23)10(19)20)9-17(8)7-3(1-25-9)11(21)24-12(7)22/h2,6,9,11,21,23H,1H2,(H,14,15)(H,19,20)/b16-5-. The molecular formula is C13H10N4O7S2. The number of aliphatic carboxylic acids is 1. The fraction of sp³-hybridized carbons (Fsp3) is 0.308. The summed E-state index contributed by atoms with van der Waals surface area (Å²) in [6, 6.07) is -0.669. The first-order valence-corrected chi connectivity index (χ1v) is 9.09. The highest BCUT2D eigenvalue weighted by atomic mass is 32.2. The van der Waals surface area contributed by atoms with Gasteiger partial charge in [-0.15, -0.1) is 23.1 Å². The molecule has 0 spiro atoms. The van der Waals surface area contributed by atoms with Crippen molar-refractivity contribution in [3.8, 4) is 0 Å². The summed E-state index contributed by atoms with van der Waals surface area (Å²) in [5.74, 6) is -2.20. The van der Waals surface area contributed by atoms with Gasteiger partial charge in [0.15, 0.2) is 5.13 Å². The maximum atomic E-state index is 12.4. The average molecular weight is 398 g/mol. The molecule has 136 valence electrons. The normalized spacial score (nSPS) is 27.7. The Balaban J connectivity index is 1.52. The second-order valence-electron chi connectivity index (χ2n) is 5.45. The number of ether oxygens (including phenoxy) is 1. The Labute approximate surface area is 152 Å². The van der Waals surface area contributed by atoms with Gasteiger partial charge < -0.3 is 25.5 Å². The molecule has 4 heterocycles. The van der Waals surface area contributed by atoms with E-state index >= 15 is 0 Å². The number of aromatic nitrogens is 1. The van der Waals surface area contributed by atoms with Crippen LogP contribution in [0.3, 0.4) is 0 Å². The molecular weight excluding hydrogens is 388 g/mol. The van der Waals surface area contributed by atoms with Gasteiger partial charge in [-0.3, -0.25) is 9.69 Å². The van der Waals surface area contributed by atoms with Gasteiger partial charge in [0.1, 0.15) is 22.8 Å². The number of aliphatic hydroxyl groups excluding tert-OH is 1. The fourth-order valence-corrected chi connectivity index (χ4v) is 4.93. The lowest BCUT2D eigenvalue weighted by atomic mass is 10.0. The summed E-state index contributed by atoms with van der Waals surface area (Å²) in [5, 5.41) is 34.2. The monoisotopic (exact) mass is 398 g/mol. The van der Waals surface area contributed by atoms with Gasteiger partial charge >= 0.3 is 11.9 Å². The van der Waals surface area contributed by atoms with Crippen LogP contribution < -0.4 is 5.32 Å². The highest BCUT2D eigenvalue weighted by Crippen LogP contribution is 2.44. The first-order chi connectivity index (χ1) is 12.4. The molecule has 1 amide bonds. The highest BCUT2D eigenvalue weighted by Gasteiger charge is 2.56. The number of nitrogens with one attached hydrogen (secondary N) is 1. The summed E-state index contributed by atoms with van der Waals surface area (Å²) >= 11 is 2.41. The number of hydrogen-bond donors (Lipinski definition) is 4. The molecule has 0 aromatic carbocycles. The Morgan fingerprint density at radius 2 is 2.23 bits per heavy atom. The topological polar surface area (TPSA) is 162 Å². The molecule has 1 fully saturated rings. The Hall–Kier alpha value is -2.64. The van der Waals surface area contributed by atoms with Gasteiger partial charge in [-0.05, 0) is 0 Å². The van der Waals surface area contributed by atoms with Gasteiger partial charge in [-0.25, -0.2) is 14.6 Å². The number of thioether (sulfide) groups is 1. The second kappa shape index (κ2) is 5.96. The van der Waals surface area contributed by atoms with Crippen molar-refractivity contribution in [2.24, 2.45) is 5.16 Å².